The van der Waals surface area contributed by atoms with E-state index in [0.717, 1.165) is 18.7 Å². The maximum absolute atomic E-state index is 12.3. The van der Waals surface area contributed by atoms with E-state index in [4.69, 9.17) is 12.2 Å². The van der Waals surface area contributed by atoms with Crippen molar-refractivity contribution in [2.24, 2.45) is 0 Å². The molecule has 0 bridgehead atoms. The Bertz CT molecular complexity index is 830. The summed E-state index contributed by atoms with van der Waals surface area (Å²) in [5, 5.41) is 12.0. The van der Waals surface area contributed by atoms with E-state index >= 15 is 0 Å². The van der Waals surface area contributed by atoms with Crippen LogP contribution in [0.2, 0.25) is 0 Å². The molecule has 1 aromatic heterocycles. The molecular formula is C19H24N6OS. The van der Waals surface area contributed by atoms with E-state index in [-0.39, 0.29) is 11.6 Å². The number of nitrogens with one attached hydrogen (secondary N) is 3. The van der Waals surface area contributed by atoms with Crippen LogP contribution >= 0.6 is 12.2 Å². The average Bonchev–Trinajstić information content (AvgIpc) is 3.09. The van der Waals surface area contributed by atoms with Gasteiger partial charge in [0.25, 0.3) is 5.91 Å². The number of amides is 1. The van der Waals surface area contributed by atoms with Crippen molar-refractivity contribution in [3.05, 3.63) is 53.4 Å². The molecule has 27 heavy (non-hydrogen) atoms. The number of thiocarbonyl (C=S) groups is 1. The minimum atomic E-state index is -0.381. The van der Waals surface area contributed by atoms with Crippen molar-refractivity contribution in [2.75, 3.05) is 6.54 Å². The Morgan fingerprint density at radius 2 is 2.00 bits per heavy atom. The highest BCUT2D eigenvalue weighted by Crippen LogP contribution is 2.19. The molecule has 0 saturated heterocycles. The van der Waals surface area contributed by atoms with Crippen molar-refractivity contribution in [1.82, 2.24) is 31.2 Å². The molecule has 0 fully saturated rings. The smallest absolute Gasteiger partial charge is 0.292 e. The van der Waals surface area contributed by atoms with Crippen LogP contribution in [0.5, 0.6) is 0 Å². The maximum Gasteiger partial charge on any atom is 0.292 e. The molecule has 8 heteroatoms. The Kier molecular flexibility index (Phi) is 6.54. The van der Waals surface area contributed by atoms with Crippen LogP contribution in [0, 0.1) is 6.92 Å². The number of aryl methyl sites for hydroxylation is 1. The number of hydrogen-bond acceptors (Lipinski definition) is 4. The Balaban J connectivity index is 1.47. The zero-order valence-electron chi connectivity index (χ0n) is 15.4. The van der Waals surface area contributed by atoms with Gasteiger partial charge in [0.05, 0.1) is 11.4 Å². The molecule has 1 aromatic carbocycles. The van der Waals surface area contributed by atoms with E-state index in [1.807, 2.05) is 30.3 Å². The van der Waals surface area contributed by atoms with Crippen molar-refractivity contribution in [2.45, 2.75) is 39.0 Å². The largest absolute Gasteiger partial charge is 0.361 e. The predicted octanol–water partition coefficient (Wildman–Crippen LogP) is 2.58. The molecule has 0 atom stereocenters. The lowest BCUT2D eigenvalue weighted by atomic mass is 9.97. The van der Waals surface area contributed by atoms with Crippen LogP contribution in [0.25, 0.3) is 5.69 Å². The van der Waals surface area contributed by atoms with Gasteiger partial charge in [0, 0.05) is 6.54 Å². The molecule has 0 aliphatic heterocycles. The van der Waals surface area contributed by atoms with Crippen LogP contribution in [-0.4, -0.2) is 32.6 Å². The van der Waals surface area contributed by atoms with Gasteiger partial charge in [0.15, 0.2) is 10.8 Å². The molecule has 0 radical (unpaired) electrons. The lowest BCUT2D eigenvalue weighted by Crippen LogP contribution is -2.47. The van der Waals surface area contributed by atoms with Crippen LogP contribution in [0.4, 0.5) is 0 Å². The summed E-state index contributed by atoms with van der Waals surface area (Å²) in [6.07, 6.45) is 8.21. The summed E-state index contributed by atoms with van der Waals surface area (Å²) in [6, 6.07) is 9.45. The Labute approximate surface area is 164 Å². The average molecular weight is 385 g/mol. The highest BCUT2D eigenvalue weighted by atomic mass is 32.1. The third kappa shape index (κ3) is 5.37. The van der Waals surface area contributed by atoms with Gasteiger partial charge in [-0.25, -0.2) is 0 Å². The Morgan fingerprint density at radius 3 is 2.74 bits per heavy atom. The van der Waals surface area contributed by atoms with E-state index < -0.39 is 0 Å². The third-order valence-corrected chi connectivity index (χ3v) is 4.64. The quantitative estimate of drug-likeness (QED) is 0.417. The monoisotopic (exact) mass is 384 g/mol. The number of hydrazine groups is 1. The summed E-state index contributed by atoms with van der Waals surface area (Å²) in [7, 11) is 0. The van der Waals surface area contributed by atoms with Gasteiger partial charge in [-0.15, -0.1) is 5.10 Å². The molecule has 0 unspecified atom stereocenters. The molecule has 3 N–H and O–H groups in total. The van der Waals surface area contributed by atoms with Crippen LogP contribution in [-0.2, 0) is 0 Å². The molecule has 0 spiro atoms. The Hall–Kier alpha value is -2.74. The second-order valence-corrected chi connectivity index (χ2v) is 6.86. The standard InChI is InChI=1S/C19H24N6OS/c1-14-17(24-25(23-14)16-10-6-3-7-11-16)18(26)21-22-19(27)20-13-12-15-8-4-2-5-9-15/h3,6-8,10-11H,2,4-5,9,12-13H2,1H3,(H,21,26)(H2,20,22,27). The fraction of sp³-hybridized carbons (Fsp3) is 0.368. The number of benzene rings is 1. The normalized spacial score (nSPS) is 13.6. The van der Waals surface area contributed by atoms with Crippen molar-refractivity contribution in [1.29, 1.82) is 0 Å². The first kappa shape index (κ1) is 19.0. The van der Waals surface area contributed by atoms with Crippen LogP contribution < -0.4 is 16.2 Å². The zero-order chi connectivity index (χ0) is 19.1. The van der Waals surface area contributed by atoms with Gasteiger partial charge < -0.3 is 5.32 Å². The molecule has 1 heterocycles. The van der Waals surface area contributed by atoms with E-state index in [1.165, 1.54) is 36.1 Å². The van der Waals surface area contributed by atoms with Crippen molar-refractivity contribution in [3.63, 3.8) is 0 Å². The number of carbonyl (C=O) groups is 1. The lowest BCUT2D eigenvalue weighted by Gasteiger charge is -2.14. The molecule has 1 aliphatic rings. The molecule has 0 saturated carbocycles. The molecule has 7 nitrogen and oxygen atoms in total. The minimum Gasteiger partial charge on any atom is -0.361 e. The second kappa shape index (κ2) is 9.27. The van der Waals surface area contributed by atoms with Gasteiger partial charge in [0.1, 0.15) is 0 Å². The minimum absolute atomic E-state index is 0.251. The SMILES string of the molecule is Cc1nn(-c2ccccc2)nc1C(=O)NNC(=S)NCCC1=CCCCC1. The molecule has 1 amide bonds. The number of hydrogen-bond donors (Lipinski definition) is 3. The Morgan fingerprint density at radius 1 is 1.19 bits per heavy atom. The summed E-state index contributed by atoms with van der Waals surface area (Å²) < 4.78 is 0. The van der Waals surface area contributed by atoms with Crippen LogP contribution in [0.3, 0.4) is 0 Å². The summed E-state index contributed by atoms with van der Waals surface area (Å²) in [4.78, 5) is 13.8. The first-order valence-corrected chi connectivity index (χ1v) is 9.56. The van der Waals surface area contributed by atoms with Gasteiger partial charge in [-0.3, -0.25) is 15.6 Å². The predicted molar refractivity (Wildman–Crippen MR) is 108 cm³/mol. The maximum atomic E-state index is 12.3. The highest BCUT2D eigenvalue weighted by Gasteiger charge is 2.16. The molecule has 1 aliphatic carbocycles. The lowest BCUT2D eigenvalue weighted by molar-refractivity contribution is 0.0937. The van der Waals surface area contributed by atoms with Gasteiger partial charge in [0.2, 0.25) is 0 Å². The number of carbonyl (C=O) groups excluding carboxylic acids is 1. The molecule has 3 rings (SSSR count). The van der Waals surface area contributed by atoms with Gasteiger partial charge in [-0.1, -0.05) is 29.8 Å². The second-order valence-electron chi connectivity index (χ2n) is 6.45. The topological polar surface area (TPSA) is 83.9 Å². The van der Waals surface area contributed by atoms with E-state index in [1.54, 1.807) is 6.92 Å². The number of para-hydroxylation sites is 1. The van der Waals surface area contributed by atoms with E-state index in [0.29, 0.717) is 10.8 Å². The third-order valence-electron chi connectivity index (χ3n) is 4.39. The van der Waals surface area contributed by atoms with Crippen LogP contribution in [0.1, 0.15) is 48.3 Å². The number of nitrogens with zero attached hydrogens (tertiary/aromatic N) is 3. The molecular weight excluding hydrogens is 360 g/mol. The summed E-state index contributed by atoms with van der Waals surface area (Å²) in [6.45, 7) is 2.49. The van der Waals surface area contributed by atoms with Crippen molar-refractivity contribution in [3.8, 4) is 5.69 Å². The van der Waals surface area contributed by atoms with E-state index in [9.17, 15) is 4.79 Å². The van der Waals surface area contributed by atoms with Gasteiger partial charge in [-0.05, 0) is 63.4 Å². The van der Waals surface area contributed by atoms with Gasteiger partial charge in [-0.2, -0.15) is 9.90 Å². The number of rotatable bonds is 5. The zero-order valence-corrected chi connectivity index (χ0v) is 16.2. The fourth-order valence-electron chi connectivity index (χ4n) is 2.95. The summed E-state index contributed by atoms with van der Waals surface area (Å²) in [5.74, 6) is -0.381. The first-order chi connectivity index (χ1) is 13.1. The van der Waals surface area contributed by atoms with E-state index in [2.05, 4.69) is 32.4 Å². The number of allylic oxidation sites excluding steroid dienone is 1. The molecule has 2 aromatic rings. The fourth-order valence-corrected chi connectivity index (χ4v) is 3.10. The highest BCUT2D eigenvalue weighted by molar-refractivity contribution is 7.80. The van der Waals surface area contributed by atoms with Crippen molar-refractivity contribution < 1.29 is 4.79 Å². The van der Waals surface area contributed by atoms with Crippen molar-refractivity contribution >= 4 is 23.2 Å². The molecule has 142 valence electrons. The first-order valence-electron chi connectivity index (χ1n) is 9.15. The summed E-state index contributed by atoms with van der Waals surface area (Å²) in [5.41, 5.74) is 8.36. The number of aromatic nitrogens is 3. The van der Waals surface area contributed by atoms with Gasteiger partial charge >= 0.3 is 0 Å². The summed E-state index contributed by atoms with van der Waals surface area (Å²) >= 11 is 5.21. The van der Waals surface area contributed by atoms with Crippen LogP contribution in [0.15, 0.2) is 42.0 Å².